The molecule has 0 radical (unpaired) electrons. The molecule has 0 bridgehead atoms. The Hall–Kier alpha value is 1.12. The van der Waals surface area contributed by atoms with Gasteiger partial charge in [0.1, 0.15) is 26.7 Å². The molecule has 100 valence electrons. The van der Waals surface area contributed by atoms with Crippen LogP contribution >= 0.6 is 42.1 Å². The second-order valence-corrected chi connectivity index (χ2v) is 6.09. The second kappa shape index (κ2) is 44.3. The standard InChI is InChI=1S/2C2H6OP.CH5OP.CH3OP.CH5P/c2*1-4(2)3;2*1-3-2;1-2/h2*1-2H3;2-3H,1H3;1H3;2H2,1H3/q2*+1;;;. The average molecular weight is 328 g/mol. The van der Waals surface area contributed by atoms with Crippen molar-refractivity contribution in [2.45, 2.75) is 0 Å². The zero-order valence-corrected chi connectivity index (χ0v) is 15.9. The summed E-state index contributed by atoms with van der Waals surface area (Å²) in [4.78, 5) is 7.60. The summed E-state index contributed by atoms with van der Waals surface area (Å²) in [5, 5.41) is 0. The van der Waals surface area contributed by atoms with Crippen molar-refractivity contribution in [3.63, 3.8) is 0 Å². The lowest BCUT2D eigenvalue weighted by atomic mass is 11.9. The maximum atomic E-state index is 9.59. The largest absolute Gasteiger partial charge is 0.377 e. The van der Waals surface area contributed by atoms with Gasteiger partial charge in [-0.15, -0.1) is 9.24 Å². The van der Waals surface area contributed by atoms with Crippen molar-refractivity contribution in [2.24, 2.45) is 0 Å². The summed E-state index contributed by atoms with van der Waals surface area (Å²) >= 11 is 0. The highest BCUT2D eigenvalue weighted by atomic mass is 31.1. The van der Waals surface area contributed by atoms with Gasteiger partial charge in [-0.2, -0.15) is 0 Å². The summed E-state index contributed by atoms with van der Waals surface area (Å²) in [5.41, 5.74) is 0. The Morgan fingerprint density at radius 2 is 1.06 bits per heavy atom. The van der Waals surface area contributed by atoms with Gasteiger partial charge in [0.15, 0.2) is 8.46 Å². The molecule has 4 nitrogen and oxygen atoms in total. The van der Waals surface area contributed by atoms with Gasteiger partial charge < -0.3 is 4.89 Å². The molecule has 0 fully saturated rings. The summed E-state index contributed by atoms with van der Waals surface area (Å²) in [5.74, 6) is 0. The van der Waals surface area contributed by atoms with Crippen LogP contribution in [-0.2, 0) is 13.7 Å². The van der Waals surface area contributed by atoms with E-state index in [1.165, 1.54) is 0 Å². The minimum Gasteiger partial charge on any atom is -0.377 e. The van der Waals surface area contributed by atoms with Crippen LogP contribution in [0.5, 0.6) is 0 Å². The van der Waals surface area contributed by atoms with Gasteiger partial charge in [-0.25, -0.2) is 0 Å². The molecule has 2 atom stereocenters. The lowest BCUT2D eigenvalue weighted by molar-refractivity contribution is 0.593. The van der Waals surface area contributed by atoms with Crippen LogP contribution in [0, 0.1) is 0 Å². The normalized spacial score (nSPS) is 6.81. The molecule has 0 saturated carbocycles. The quantitative estimate of drug-likeness (QED) is 0.688. The first-order valence-electron chi connectivity index (χ1n) is 4.08. The minimum absolute atomic E-state index is 0.0833. The third-order valence-electron chi connectivity index (χ3n) is 0. The lowest BCUT2D eigenvalue weighted by Gasteiger charge is -1.53. The monoisotopic (exact) mass is 328 g/mol. The molecule has 0 rings (SSSR count). The Kier molecular flexibility index (Phi) is 83.9. The third kappa shape index (κ3) is 2400. The van der Waals surface area contributed by atoms with E-state index in [2.05, 4.69) is 9.24 Å². The van der Waals surface area contributed by atoms with E-state index >= 15 is 0 Å². The first kappa shape index (κ1) is 30.3. The molecular formula is C7H25O4P5+2. The first-order valence-corrected chi connectivity index (χ1v) is 12.3. The SMILES string of the molecule is CP.CP=O.CPO.C[P+](C)=O.C[P+](C)=O. The van der Waals surface area contributed by atoms with Gasteiger partial charge in [0.25, 0.3) is 0 Å². The third-order valence-corrected chi connectivity index (χ3v) is 0. The first-order chi connectivity index (χ1) is 7.29. The van der Waals surface area contributed by atoms with E-state index < -0.39 is 15.6 Å². The fraction of sp³-hybridized carbons (Fsp3) is 1.00. The zero-order chi connectivity index (χ0) is 14.6. The van der Waals surface area contributed by atoms with Crippen LogP contribution in [0.15, 0.2) is 0 Å². The fourth-order valence-electron chi connectivity index (χ4n) is 0. The van der Waals surface area contributed by atoms with E-state index in [1.54, 1.807) is 40.0 Å². The van der Waals surface area contributed by atoms with Gasteiger partial charge in [-0.1, -0.05) is 15.8 Å². The van der Waals surface area contributed by atoms with Crippen molar-refractivity contribution in [2.75, 3.05) is 46.7 Å². The van der Waals surface area contributed by atoms with Crippen LogP contribution < -0.4 is 0 Å². The Morgan fingerprint density at radius 3 is 1.06 bits per heavy atom. The van der Waals surface area contributed by atoms with E-state index in [4.69, 9.17) is 9.46 Å². The molecular weight excluding hydrogens is 303 g/mol. The van der Waals surface area contributed by atoms with E-state index in [0.29, 0.717) is 0 Å². The molecule has 0 aliphatic carbocycles. The minimum atomic E-state index is -0.870. The topological polar surface area (TPSA) is 71.4 Å². The van der Waals surface area contributed by atoms with Crippen LogP contribution in [0.4, 0.5) is 0 Å². The van der Waals surface area contributed by atoms with Crippen LogP contribution in [0.25, 0.3) is 0 Å². The summed E-state index contributed by atoms with van der Waals surface area (Å²) in [6, 6.07) is 0. The molecule has 0 aromatic heterocycles. The van der Waals surface area contributed by atoms with Crippen molar-refractivity contribution in [1.82, 2.24) is 0 Å². The van der Waals surface area contributed by atoms with Crippen molar-refractivity contribution >= 4 is 42.1 Å². The van der Waals surface area contributed by atoms with Gasteiger partial charge in [-0.3, -0.25) is 4.57 Å². The number of hydrogen-bond donors (Lipinski definition) is 1. The van der Waals surface area contributed by atoms with E-state index in [1.807, 2.05) is 6.66 Å². The molecule has 0 spiro atoms. The fourth-order valence-corrected chi connectivity index (χ4v) is 0. The van der Waals surface area contributed by atoms with Gasteiger partial charge in [0.2, 0.25) is 0 Å². The summed E-state index contributed by atoms with van der Waals surface area (Å²) in [7, 11) is 0.926. The van der Waals surface area contributed by atoms with Crippen LogP contribution in [0.2, 0.25) is 0 Å². The molecule has 0 heterocycles. The Balaban J connectivity index is -0.0000000322. The summed E-state index contributed by atoms with van der Waals surface area (Å²) < 4.78 is 28.1. The van der Waals surface area contributed by atoms with Crippen LogP contribution in [0.1, 0.15) is 0 Å². The second-order valence-electron chi connectivity index (χ2n) is 2.03. The van der Waals surface area contributed by atoms with Gasteiger partial charge >= 0.3 is 15.6 Å². The Labute approximate surface area is 108 Å². The van der Waals surface area contributed by atoms with Gasteiger partial charge in [0, 0.05) is 15.5 Å². The predicted octanol–water partition coefficient (Wildman–Crippen LogP) is 3.75. The highest BCUT2D eigenvalue weighted by Crippen LogP contribution is 2.01. The van der Waals surface area contributed by atoms with E-state index in [9.17, 15) is 9.13 Å². The molecule has 1 N–H and O–H groups in total. The number of rotatable bonds is 0. The maximum absolute atomic E-state index is 9.59. The number of hydrogen-bond acceptors (Lipinski definition) is 4. The average Bonchev–Trinajstić information content (AvgIpc) is 2.07. The molecule has 0 aromatic carbocycles. The molecule has 16 heavy (non-hydrogen) atoms. The van der Waals surface area contributed by atoms with Crippen LogP contribution in [-0.4, -0.2) is 51.5 Å². The molecule has 0 aromatic rings. The van der Waals surface area contributed by atoms with E-state index in [0.717, 1.165) is 0 Å². The Morgan fingerprint density at radius 1 is 1.06 bits per heavy atom. The van der Waals surface area contributed by atoms with Crippen molar-refractivity contribution < 1.29 is 18.6 Å². The maximum Gasteiger partial charge on any atom is 0.332 e. The molecule has 2 unspecified atom stereocenters. The van der Waals surface area contributed by atoms with Gasteiger partial charge in [-0.05, 0) is 6.66 Å². The van der Waals surface area contributed by atoms with Gasteiger partial charge in [0.05, 0.1) is 0 Å². The van der Waals surface area contributed by atoms with Crippen molar-refractivity contribution in [3.05, 3.63) is 0 Å². The molecule has 0 amide bonds. The van der Waals surface area contributed by atoms with E-state index in [-0.39, 0.29) is 17.3 Å². The zero-order valence-electron chi connectivity index (χ0n) is 11.1. The highest BCUT2D eigenvalue weighted by Gasteiger charge is 1.80. The molecule has 0 aliphatic rings. The highest BCUT2D eigenvalue weighted by molar-refractivity contribution is 7.42. The Bertz CT molecular complexity index is 123. The van der Waals surface area contributed by atoms with Crippen LogP contribution in [0.3, 0.4) is 0 Å². The lowest BCUT2D eigenvalue weighted by Crippen LogP contribution is -1.33. The summed E-state index contributed by atoms with van der Waals surface area (Å²) in [6.07, 6.45) is 0. The molecule has 9 heteroatoms. The predicted molar refractivity (Wildman–Crippen MR) is 84.5 cm³/mol. The molecule has 0 aliphatic heterocycles. The molecule has 0 saturated heterocycles. The smallest absolute Gasteiger partial charge is 0.332 e. The van der Waals surface area contributed by atoms with Crippen molar-refractivity contribution in [3.8, 4) is 0 Å². The van der Waals surface area contributed by atoms with Crippen molar-refractivity contribution in [1.29, 1.82) is 0 Å². The summed E-state index contributed by atoms with van der Waals surface area (Å²) in [6.45, 7) is 11.9.